The van der Waals surface area contributed by atoms with E-state index in [0.717, 1.165) is 43.1 Å². The predicted octanol–water partition coefficient (Wildman–Crippen LogP) is 1.39. The van der Waals surface area contributed by atoms with E-state index in [1.807, 2.05) is 22.9 Å². The van der Waals surface area contributed by atoms with Gasteiger partial charge in [-0.2, -0.15) is 5.10 Å². The molecule has 0 spiro atoms. The van der Waals surface area contributed by atoms with Crippen molar-refractivity contribution in [2.45, 2.75) is 46.1 Å². The molecule has 0 fully saturated rings. The van der Waals surface area contributed by atoms with Crippen molar-refractivity contribution in [2.75, 3.05) is 6.54 Å². The van der Waals surface area contributed by atoms with Crippen molar-refractivity contribution in [3.05, 3.63) is 47.3 Å². The van der Waals surface area contributed by atoms with Gasteiger partial charge in [-0.25, -0.2) is 4.79 Å². The zero-order valence-electron chi connectivity index (χ0n) is 15.5. The lowest BCUT2D eigenvalue weighted by molar-refractivity contribution is -0.144. The van der Waals surface area contributed by atoms with E-state index in [1.54, 1.807) is 12.1 Å². The molecule has 27 heavy (non-hydrogen) atoms. The van der Waals surface area contributed by atoms with Crippen LogP contribution in [-0.2, 0) is 35.8 Å². The second-order valence-electron chi connectivity index (χ2n) is 6.71. The molecule has 0 saturated carbocycles. The van der Waals surface area contributed by atoms with Crippen molar-refractivity contribution in [3.8, 4) is 5.75 Å². The summed E-state index contributed by atoms with van der Waals surface area (Å²) in [5, 5.41) is 16.2. The first-order valence-electron chi connectivity index (χ1n) is 8.91. The maximum atomic E-state index is 11.0. The Balaban J connectivity index is 1.56. The summed E-state index contributed by atoms with van der Waals surface area (Å²) in [4.78, 5) is 24.2. The van der Waals surface area contributed by atoms with Crippen LogP contribution in [0, 0.1) is 0 Å². The summed E-state index contributed by atoms with van der Waals surface area (Å²) in [6, 6.07) is 9.55. The van der Waals surface area contributed by atoms with Gasteiger partial charge < -0.3 is 15.2 Å². The third-order valence-corrected chi connectivity index (χ3v) is 4.44. The first-order valence-corrected chi connectivity index (χ1v) is 8.91. The molecular weight excluding hydrogens is 348 g/mol. The number of benzene rings is 1. The summed E-state index contributed by atoms with van der Waals surface area (Å²) in [7, 11) is 0. The van der Waals surface area contributed by atoms with E-state index in [-0.39, 0.29) is 5.91 Å². The second-order valence-corrected chi connectivity index (χ2v) is 6.71. The lowest BCUT2D eigenvalue weighted by atomic mass is 10.2. The van der Waals surface area contributed by atoms with E-state index in [4.69, 9.17) is 9.84 Å². The number of amides is 1. The van der Waals surface area contributed by atoms with Crippen LogP contribution in [0.1, 0.15) is 30.8 Å². The molecular formula is C19H24N4O4. The van der Waals surface area contributed by atoms with E-state index in [9.17, 15) is 9.59 Å². The van der Waals surface area contributed by atoms with Crippen LogP contribution in [0.4, 0.5) is 0 Å². The molecule has 1 amide bonds. The molecule has 1 aromatic carbocycles. The number of hydrogen-bond donors (Lipinski definition) is 2. The van der Waals surface area contributed by atoms with E-state index < -0.39 is 12.1 Å². The Labute approximate surface area is 157 Å². The minimum atomic E-state index is -0.984. The fourth-order valence-electron chi connectivity index (χ4n) is 3.00. The Morgan fingerprint density at radius 1 is 1.30 bits per heavy atom. The molecule has 1 atom stereocenters. The van der Waals surface area contributed by atoms with Gasteiger partial charge in [-0.1, -0.05) is 12.1 Å². The number of rotatable bonds is 7. The average molecular weight is 372 g/mol. The van der Waals surface area contributed by atoms with Crippen LogP contribution in [0.2, 0.25) is 0 Å². The first kappa shape index (κ1) is 18.9. The van der Waals surface area contributed by atoms with Gasteiger partial charge in [0.25, 0.3) is 0 Å². The molecule has 144 valence electrons. The molecule has 0 bridgehead atoms. The van der Waals surface area contributed by atoms with Gasteiger partial charge in [0.05, 0.1) is 24.5 Å². The van der Waals surface area contributed by atoms with Gasteiger partial charge in [0.2, 0.25) is 5.91 Å². The quantitative estimate of drug-likeness (QED) is 0.762. The molecule has 1 aliphatic heterocycles. The lowest BCUT2D eigenvalue weighted by Crippen LogP contribution is -2.33. The molecule has 3 rings (SSSR count). The van der Waals surface area contributed by atoms with Crippen LogP contribution in [0.3, 0.4) is 0 Å². The van der Waals surface area contributed by atoms with Crippen LogP contribution in [0.25, 0.3) is 0 Å². The molecule has 1 unspecified atom stereocenters. The third kappa shape index (κ3) is 5.07. The normalized spacial score (nSPS) is 15.0. The molecule has 2 aromatic rings. The molecule has 2 N–H and O–H groups in total. The third-order valence-electron chi connectivity index (χ3n) is 4.44. The number of hydrogen-bond acceptors (Lipinski definition) is 5. The van der Waals surface area contributed by atoms with Crippen LogP contribution < -0.4 is 10.1 Å². The van der Waals surface area contributed by atoms with Gasteiger partial charge in [0.15, 0.2) is 6.10 Å². The number of carboxylic acid groups (broad SMARTS) is 1. The molecule has 8 heteroatoms. The summed E-state index contributed by atoms with van der Waals surface area (Å²) in [6.07, 6.45) is -0.870. The Morgan fingerprint density at radius 2 is 2.04 bits per heavy atom. The minimum absolute atomic E-state index is 0.0622. The topological polar surface area (TPSA) is 96.7 Å². The molecule has 0 aliphatic carbocycles. The van der Waals surface area contributed by atoms with E-state index in [2.05, 4.69) is 15.3 Å². The number of carbonyl (C=O) groups is 2. The fraction of sp³-hybridized carbons (Fsp3) is 0.421. The number of nitrogens with zero attached hydrogens (tertiary/aromatic N) is 3. The van der Waals surface area contributed by atoms with Crippen molar-refractivity contribution in [2.24, 2.45) is 0 Å². The SMILES string of the molecule is CC(=O)NCc1cc2n(n1)CCN(Cc1ccc(OC(C)C(=O)O)cc1)C2. The highest BCUT2D eigenvalue weighted by atomic mass is 16.5. The minimum Gasteiger partial charge on any atom is -0.479 e. The summed E-state index contributed by atoms with van der Waals surface area (Å²) >= 11 is 0. The second kappa shape index (κ2) is 8.22. The van der Waals surface area contributed by atoms with E-state index >= 15 is 0 Å². The van der Waals surface area contributed by atoms with Crippen LogP contribution in [0.5, 0.6) is 5.75 Å². The number of ether oxygens (including phenoxy) is 1. The highest BCUT2D eigenvalue weighted by Crippen LogP contribution is 2.19. The van der Waals surface area contributed by atoms with E-state index in [0.29, 0.717) is 12.3 Å². The summed E-state index contributed by atoms with van der Waals surface area (Å²) in [6.45, 7) is 6.74. The molecule has 1 aromatic heterocycles. The van der Waals surface area contributed by atoms with Crippen molar-refractivity contribution < 1.29 is 19.4 Å². The van der Waals surface area contributed by atoms with Crippen molar-refractivity contribution in [3.63, 3.8) is 0 Å². The molecule has 2 heterocycles. The fourth-order valence-corrected chi connectivity index (χ4v) is 3.00. The zero-order chi connectivity index (χ0) is 19.4. The summed E-state index contributed by atoms with van der Waals surface area (Å²) in [5.74, 6) is -0.498. The Bertz CT molecular complexity index is 816. The Hall–Kier alpha value is -2.87. The van der Waals surface area contributed by atoms with Crippen molar-refractivity contribution in [1.82, 2.24) is 20.0 Å². The van der Waals surface area contributed by atoms with Gasteiger partial charge in [0.1, 0.15) is 5.75 Å². The zero-order valence-corrected chi connectivity index (χ0v) is 15.5. The number of nitrogens with one attached hydrogen (secondary N) is 1. The monoisotopic (exact) mass is 372 g/mol. The van der Waals surface area contributed by atoms with Crippen LogP contribution >= 0.6 is 0 Å². The predicted molar refractivity (Wildman–Crippen MR) is 98.0 cm³/mol. The largest absolute Gasteiger partial charge is 0.479 e. The number of aromatic nitrogens is 2. The van der Waals surface area contributed by atoms with Gasteiger partial charge in [-0.05, 0) is 30.7 Å². The van der Waals surface area contributed by atoms with Crippen molar-refractivity contribution >= 4 is 11.9 Å². The Kier molecular flexibility index (Phi) is 5.75. The van der Waals surface area contributed by atoms with Gasteiger partial charge in [-0.15, -0.1) is 0 Å². The smallest absolute Gasteiger partial charge is 0.344 e. The summed E-state index contributed by atoms with van der Waals surface area (Å²) in [5.41, 5.74) is 3.14. The van der Waals surface area contributed by atoms with Gasteiger partial charge in [0, 0.05) is 26.6 Å². The van der Waals surface area contributed by atoms with Gasteiger partial charge >= 0.3 is 5.97 Å². The maximum Gasteiger partial charge on any atom is 0.344 e. The lowest BCUT2D eigenvalue weighted by Gasteiger charge is -2.27. The molecule has 1 aliphatic rings. The maximum absolute atomic E-state index is 11.0. The van der Waals surface area contributed by atoms with Crippen LogP contribution in [-0.4, -0.2) is 44.3 Å². The molecule has 0 radical (unpaired) electrons. The molecule has 8 nitrogen and oxygen atoms in total. The summed E-state index contributed by atoms with van der Waals surface area (Å²) < 4.78 is 7.35. The van der Waals surface area contributed by atoms with E-state index in [1.165, 1.54) is 13.8 Å². The number of fused-ring (bicyclic) bond motifs is 1. The Morgan fingerprint density at radius 3 is 2.70 bits per heavy atom. The number of aliphatic carboxylic acids is 1. The number of carbonyl (C=O) groups excluding carboxylic acids is 1. The van der Waals surface area contributed by atoms with Crippen LogP contribution in [0.15, 0.2) is 30.3 Å². The molecule has 0 saturated heterocycles. The standard InChI is InChI=1S/C19H24N4O4/c1-13(19(25)26)27-18-5-3-15(4-6-18)11-22-7-8-23-17(12-22)9-16(21-23)10-20-14(2)24/h3-6,9,13H,7-8,10-12H2,1-2H3,(H,20,24)(H,25,26). The van der Waals surface area contributed by atoms with Gasteiger partial charge in [-0.3, -0.25) is 14.4 Å². The van der Waals surface area contributed by atoms with Crippen molar-refractivity contribution in [1.29, 1.82) is 0 Å². The first-order chi connectivity index (χ1) is 12.9. The average Bonchev–Trinajstić information content (AvgIpc) is 3.03. The highest BCUT2D eigenvalue weighted by molar-refractivity contribution is 5.72. The highest BCUT2D eigenvalue weighted by Gasteiger charge is 2.19. The number of carboxylic acids is 1.